The van der Waals surface area contributed by atoms with Gasteiger partial charge in [-0.25, -0.2) is 0 Å². The zero-order valence-electron chi connectivity index (χ0n) is 13.0. The van der Waals surface area contributed by atoms with Crippen LogP contribution in [0, 0.1) is 24.2 Å². The molecule has 0 radical (unpaired) electrons. The number of carbonyl (C=O) groups excluding carboxylic acids is 1. The van der Waals surface area contributed by atoms with E-state index in [4.69, 9.17) is 16.3 Å². The van der Waals surface area contributed by atoms with Gasteiger partial charge in [-0.3, -0.25) is 4.79 Å². The third-order valence-corrected chi connectivity index (χ3v) is 3.81. The van der Waals surface area contributed by atoms with E-state index >= 15 is 0 Å². The first kappa shape index (κ1) is 17.3. The van der Waals surface area contributed by atoms with Crippen molar-refractivity contribution in [3.8, 4) is 11.8 Å². The van der Waals surface area contributed by atoms with Gasteiger partial charge in [-0.05, 0) is 50.5 Å². The summed E-state index contributed by atoms with van der Waals surface area (Å²) in [5.41, 5.74) is -0.0573. The molecular weight excluding hydrogens is 288 g/mol. The third kappa shape index (κ3) is 4.37. The molecule has 0 aromatic heterocycles. The zero-order chi connectivity index (χ0) is 16.2. The maximum absolute atomic E-state index is 12.2. The van der Waals surface area contributed by atoms with E-state index in [0.29, 0.717) is 10.8 Å². The molecule has 1 N–H and O–H groups in total. The zero-order valence-corrected chi connectivity index (χ0v) is 13.8. The molecule has 5 heteroatoms. The monoisotopic (exact) mass is 308 g/mol. The Labute approximate surface area is 131 Å². The van der Waals surface area contributed by atoms with Crippen LogP contribution in [0.1, 0.15) is 33.3 Å². The molecule has 0 aliphatic rings. The van der Waals surface area contributed by atoms with E-state index in [-0.39, 0.29) is 11.8 Å². The number of nitrogens with one attached hydrogen (secondary N) is 1. The van der Waals surface area contributed by atoms with Crippen molar-refractivity contribution >= 4 is 17.5 Å². The Balaban J connectivity index is 2.78. The molecule has 4 nitrogen and oxygen atoms in total. The Hall–Kier alpha value is -1.73. The van der Waals surface area contributed by atoms with Crippen molar-refractivity contribution in [3.63, 3.8) is 0 Å². The fourth-order valence-electron chi connectivity index (χ4n) is 1.65. The highest BCUT2D eigenvalue weighted by Crippen LogP contribution is 2.23. The summed E-state index contributed by atoms with van der Waals surface area (Å²) in [6, 6.07) is 7.35. The normalized spacial score (nSPS) is 15.0. The minimum Gasteiger partial charge on any atom is -0.481 e. The maximum atomic E-state index is 12.2. The van der Waals surface area contributed by atoms with Gasteiger partial charge in [0, 0.05) is 5.02 Å². The first-order valence-electron chi connectivity index (χ1n) is 6.85. The van der Waals surface area contributed by atoms with Gasteiger partial charge in [0.25, 0.3) is 5.91 Å². The van der Waals surface area contributed by atoms with Gasteiger partial charge < -0.3 is 10.1 Å². The van der Waals surface area contributed by atoms with Crippen molar-refractivity contribution in [3.05, 3.63) is 28.8 Å². The van der Waals surface area contributed by atoms with Crippen LogP contribution in [0.3, 0.4) is 0 Å². The molecule has 0 aliphatic heterocycles. The van der Waals surface area contributed by atoms with Crippen LogP contribution >= 0.6 is 11.6 Å². The SMILES string of the molecule is Cc1cc(Cl)ccc1O[C@H](C)C(=O)N[C@@](C)(C#N)C(C)C. The lowest BCUT2D eigenvalue weighted by Gasteiger charge is -2.29. The molecule has 0 spiro atoms. The number of rotatable bonds is 5. The van der Waals surface area contributed by atoms with E-state index in [1.165, 1.54) is 0 Å². The average molecular weight is 309 g/mol. The highest BCUT2D eigenvalue weighted by atomic mass is 35.5. The lowest BCUT2D eigenvalue weighted by atomic mass is 9.90. The lowest BCUT2D eigenvalue weighted by molar-refractivity contribution is -0.129. The Kier molecular flexibility index (Phi) is 5.62. The highest BCUT2D eigenvalue weighted by Gasteiger charge is 2.32. The lowest BCUT2D eigenvalue weighted by Crippen LogP contribution is -2.52. The first-order valence-corrected chi connectivity index (χ1v) is 7.23. The Morgan fingerprint density at radius 3 is 2.52 bits per heavy atom. The summed E-state index contributed by atoms with van der Waals surface area (Å²) in [7, 11) is 0. The Morgan fingerprint density at radius 1 is 1.43 bits per heavy atom. The summed E-state index contributed by atoms with van der Waals surface area (Å²) < 4.78 is 5.65. The second kappa shape index (κ2) is 6.82. The van der Waals surface area contributed by atoms with Crippen LogP contribution in [0.25, 0.3) is 0 Å². The summed E-state index contributed by atoms with van der Waals surface area (Å²) in [4.78, 5) is 12.2. The summed E-state index contributed by atoms with van der Waals surface area (Å²) in [6.45, 7) is 8.99. The molecule has 0 aliphatic carbocycles. The van der Waals surface area contributed by atoms with Crippen LogP contribution in [0.15, 0.2) is 18.2 Å². The molecule has 0 unspecified atom stereocenters. The minimum absolute atomic E-state index is 0.00378. The van der Waals surface area contributed by atoms with Crippen LogP contribution in [-0.4, -0.2) is 17.6 Å². The second-order valence-corrected chi connectivity index (χ2v) is 6.06. The molecule has 114 valence electrons. The molecule has 1 rings (SSSR count). The van der Waals surface area contributed by atoms with E-state index in [1.807, 2.05) is 20.8 Å². The third-order valence-electron chi connectivity index (χ3n) is 3.58. The number of halogens is 1. The number of ether oxygens (including phenoxy) is 1. The van der Waals surface area contributed by atoms with Crippen molar-refractivity contribution in [2.45, 2.75) is 46.3 Å². The van der Waals surface area contributed by atoms with Crippen LogP contribution in [-0.2, 0) is 4.79 Å². The number of carbonyl (C=O) groups is 1. The fourth-order valence-corrected chi connectivity index (χ4v) is 1.87. The molecular formula is C16H21ClN2O2. The van der Waals surface area contributed by atoms with Gasteiger partial charge in [-0.15, -0.1) is 0 Å². The predicted octanol–water partition coefficient (Wildman–Crippen LogP) is 3.47. The summed E-state index contributed by atoms with van der Waals surface area (Å²) >= 11 is 5.89. The molecule has 0 saturated heterocycles. The molecule has 0 bridgehead atoms. The maximum Gasteiger partial charge on any atom is 0.262 e. The van der Waals surface area contributed by atoms with Crippen LogP contribution in [0.5, 0.6) is 5.75 Å². The van der Waals surface area contributed by atoms with Gasteiger partial charge in [0.1, 0.15) is 11.3 Å². The molecule has 1 aromatic rings. The summed E-state index contributed by atoms with van der Waals surface area (Å²) in [6.07, 6.45) is -0.698. The number of nitriles is 1. The molecule has 21 heavy (non-hydrogen) atoms. The standard InChI is InChI=1S/C16H21ClN2O2/c1-10(2)16(5,9-18)19-15(20)12(4)21-14-7-6-13(17)8-11(14)3/h6-8,10,12H,1-5H3,(H,19,20)/t12-,16+/m1/s1. The number of hydrogen-bond donors (Lipinski definition) is 1. The van der Waals surface area contributed by atoms with Gasteiger partial charge in [0.05, 0.1) is 6.07 Å². The van der Waals surface area contributed by atoms with Crippen LogP contribution < -0.4 is 10.1 Å². The van der Waals surface area contributed by atoms with Crippen molar-refractivity contribution in [2.75, 3.05) is 0 Å². The van der Waals surface area contributed by atoms with Crippen LogP contribution in [0.2, 0.25) is 5.02 Å². The number of benzene rings is 1. The Bertz CT molecular complexity index is 566. The van der Waals surface area contributed by atoms with Gasteiger partial charge in [-0.1, -0.05) is 25.4 Å². The average Bonchev–Trinajstić information content (AvgIpc) is 2.41. The first-order chi connectivity index (χ1) is 9.69. The fraction of sp³-hybridized carbons (Fsp3) is 0.500. The number of amides is 1. The van der Waals surface area contributed by atoms with E-state index < -0.39 is 11.6 Å². The van der Waals surface area contributed by atoms with Crippen molar-refractivity contribution in [1.29, 1.82) is 5.26 Å². The molecule has 1 amide bonds. The Morgan fingerprint density at radius 2 is 2.05 bits per heavy atom. The van der Waals surface area contributed by atoms with Crippen molar-refractivity contribution in [1.82, 2.24) is 5.32 Å². The number of hydrogen-bond acceptors (Lipinski definition) is 3. The van der Waals surface area contributed by atoms with Crippen molar-refractivity contribution < 1.29 is 9.53 Å². The second-order valence-electron chi connectivity index (χ2n) is 5.63. The smallest absolute Gasteiger partial charge is 0.262 e. The molecule has 0 saturated carbocycles. The predicted molar refractivity (Wildman–Crippen MR) is 83.3 cm³/mol. The highest BCUT2D eigenvalue weighted by molar-refractivity contribution is 6.30. The molecule has 1 aromatic carbocycles. The molecule has 0 heterocycles. The van der Waals surface area contributed by atoms with E-state index in [0.717, 1.165) is 5.56 Å². The van der Waals surface area contributed by atoms with Gasteiger partial charge in [0.15, 0.2) is 6.10 Å². The van der Waals surface area contributed by atoms with E-state index in [1.54, 1.807) is 32.0 Å². The minimum atomic E-state index is -0.913. The topological polar surface area (TPSA) is 62.1 Å². The van der Waals surface area contributed by atoms with Gasteiger partial charge in [0.2, 0.25) is 0 Å². The van der Waals surface area contributed by atoms with Crippen LogP contribution in [0.4, 0.5) is 0 Å². The number of aryl methyl sites for hydroxylation is 1. The van der Waals surface area contributed by atoms with Gasteiger partial charge in [-0.2, -0.15) is 5.26 Å². The summed E-state index contributed by atoms with van der Waals surface area (Å²) in [5.74, 6) is 0.281. The van der Waals surface area contributed by atoms with Gasteiger partial charge >= 0.3 is 0 Å². The van der Waals surface area contributed by atoms with E-state index in [2.05, 4.69) is 11.4 Å². The number of nitrogens with zero attached hydrogens (tertiary/aromatic N) is 1. The largest absolute Gasteiger partial charge is 0.481 e. The quantitative estimate of drug-likeness (QED) is 0.906. The van der Waals surface area contributed by atoms with Crippen molar-refractivity contribution in [2.24, 2.45) is 5.92 Å². The molecule has 2 atom stereocenters. The molecule has 0 fully saturated rings. The van der Waals surface area contributed by atoms with E-state index in [9.17, 15) is 10.1 Å². The summed E-state index contributed by atoms with van der Waals surface area (Å²) in [5, 5.41) is 12.6.